The molecule has 4 amide bonds. The number of nitrogens with one attached hydrogen (secondary N) is 3. The fourth-order valence-corrected chi connectivity index (χ4v) is 4.78. The van der Waals surface area contributed by atoms with Gasteiger partial charge >= 0.3 is 17.7 Å². The van der Waals surface area contributed by atoms with Gasteiger partial charge in [-0.2, -0.15) is 0 Å². The van der Waals surface area contributed by atoms with Crippen molar-refractivity contribution in [1.29, 1.82) is 0 Å². The molecule has 2 heterocycles. The van der Waals surface area contributed by atoms with Crippen molar-refractivity contribution in [2.75, 3.05) is 26.2 Å². The Labute approximate surface area is 189 Å². The van der Waals surface area contributed by atoms with E-state index in [1.807, 2.05) is 13.8 Å². The van der Waals surface area contributed by atoms with Gasteiger partial charge in [-0.25, -0.2) is 9.28 Å². The van der Waals surface area contributed by atoms with Crippen molar-refractivity contribution in [3.8, 4) is 0 Å². The molecule has 2 rings (SSSR count). The highest BCUT2D eigenvalue weighted by Gasteiger charge is 2.64. The molecule has 10 heteroatoms. The van der Waals surface area contributed by atoms with Crippen LogP contribution in [0.5, 0.6) is 0 Å². The number of carbonyl (C=O) groups is 5. The van der Waals surface area contributed by atoms with Crippen molar-refractivity contribution in [2.24, 2.45) is 5.92 Å². The Morgan fingerprint density at radius 1 is 1.22 bits per heavy atom. The number of rotatable bonds is 7. The maximum atomic E-state index is 13.5. The van der Waals surface area contributed by atoms with Crippen LogP contribution in [0.3, 0.4) is 0 Å². The molecule has 3 atom stereocenters. The van der Waals surface area contributed by atoms with Crippen LogP contribution < -0.4 is 16.0 Å². The van der Waals surface area contributed by atoms with E-state index in [0.29, 0.717) is 25.9 Å². The molecule has 0 spiro atoms. The Hall–Kier alpha value is -2.33. The zero-order valence-corrected chi connectivity index (χ0v) is 19.7. The van der Waals surface area contributed by atoms with Gasteiger partial charge in [0.15, 0.2) is 6.04 Å². The second-order valence-electron chi connectivity index (χ2n) is 10.4. The summed E-state index contributed by atoms with van der Waals surface area (Å²) in [6, 6.07) is -0.898. The summed E-state index contributed by atoms with van der Waals surface area (Å²) in [6.45, 7) is 8.72. The highest BCUT2D eigenvalue weighted by molar-refractivity contribution is 6.35. The number of aliphatic hydroxyl groups excluding tert-OH is 1. The standard InChI is InChI=1S/C22H36N4O6/c1-21(2,3)25-20(32)19(31)24-12-17(29)26(10-8-22(26,4)5)15(16(28)13-27)11-14-7-6-9-23-18(14)30/h14-15,27H,6-13H2,1-5H3,(H2-,23,24,25,30,31,32)/p+1. The first-order chi connectivity index (χ1) is 14.7. The predicted molar refractivity (Wildman–Crippen MR) is 116 cm³/mol. The van der Waals surface area contributed by atoms with Crippen LogP contribution >= 0.6 is 0 Å². The van der Waals surface area contributed by atoms with Crippen LogP contribution in [-0.2, 0) is 24.0 Å². The van der Waals surface area contributed by atoms with E-state index >= 15 is 0 Å². The smallest absolute Gasteiger partial charge is 0.334 e. The fraction of sp³-hybridized carbons (Fsp3) is 0.773. The molecule has 3 unspecified atom stereocenters. The molecule has 2 aliphatic heterocycles. The Bertz CT molecular complexity index is 788. The maximum Gasteiger partial charge on any atom is 0.334 e. The van der Waals surface area contributed by atoms with Crippen molar-refractivity contribution in [3.05, 3.63) is 0 Å². The summed E-state index contributed by atoms with van der Waals surface area (Å²) < 4.78 is -0.253. The molecule has 0 aliphatic carbocycles. The first kappa shape index (κ1) is 25.9. The molecule has 2 saturated heterocycles. The van der Waals surface area contributed by atoms with E-state index < -0.39 is 59.7 Å². The lowest BCUT2D eigenvalue weighted by molar-refractivity contribution is -0.959. The third-order valence-corrected chi connectivity index (χ3v) is 6.66. The Balaban J connectivity index is 2.23. The number of likely N-dealkylation sites (tertiary alicyclic amines) is 1. The van der Waals surface area contributed by atoms with Crippen molar-refractivity contribution in [2.45, 2.75) is 77.4 Å². The first-order valence-corrected chi connectivity index (χ1v) is 11.2. The van der Waals surface area contributed by atoms with Gasteiger partial charge in [0, 0.05) is 24.4 Å². The van der Waals surface area contributed by atoms with Gasteiger partial charge in [0.1, 0.15) is 18.7 Å². The molecule has 0 radical (unpaired) electrons. The molecule has 2 aliphatic rings. The maximum absolute atomic E-state index is 13.5. The lowest BCUT2D eigenvalue weighted by Crippen LogP contribution is -2.80. The van der Waals surface area contributed by atoms with Gasteiger partial charge in [0.2, 0.25) is 11.7 Å². The Morgan fingerprint density at radius 2 is 1.88 bits per heavy atom. The molecular formula is C22H37N4O6+. The summed E-state index contributed by atoms with van der Waals surface area (Å²) in [4.78, 5) is 62.9. The third kappa shape index (κ3) is 5.35. The minimum absolute atomic E-state index is 0.150. The van der Waals surface area contributed by atoms with Gasteiger partial charge in [-0.3, -0.25) is 19.2 Å². The van der Waals surface area contributed by atoms with Crippen LogP contribution in [0.4, 0.5) is 0 Å². The number of piperidine rings is 1. The van der Waals surface area contributed by atoms with Crippen LogP contribution in [0.25, 0.3) is 0 Å². The molecular weight excluding hydrogens is 416 g/mol. The summed E-state index contributed by atoms with van der Waals surface area (Å²) in [5, 5.41) is 17.3. The van der Waals surface area contributed by atoms with E-state index in [-0.39, 0.29) is 16.8 Å². The quantitative estimate of drug-likeness (QED) is 0.299. The largest absolute Gasteiger partial charge is 0.388 e. The van der Waals surface area contributed by atoms with E-state index in [1.165, 1.54) is 0 Å². The number of ketones is 1. The Morgan fingerprint density at radius 3 is 2.34 bits per heavy atom. The molecule has 0 saturated carbocycles. The average Bonchev–Trinajstić information content (AvgIpc) is 2.70. The molecule has 0 aromatic carbocycles. The summed E-state index contributed by atoms with van der Waals surface area (Å²) in [6.07, 6.45) is 2.22. The molecule has 2 fully saturated rings. The van der Waals surface area contributed by atoms with Crippen LogP contribution in [0, 0.1) is 5.92 Å². The summed E-state index contributed by atoms with van der Waals surface area (Å²) in [5.74, 6) is -3.26. The molecule has 0 aromatic heterocycles. The SMILES string of the molecule is CC(C)(C)NC(=O)C(=O)NCC(=O)[N+]1(C(CC2CCCNC2=O)C(=O)CO)CCC1(C)C. The highest BCUT2D eigenvalue weighted by atomic mass is 16.3. The molecule has 4 N–H and O–H groups in total. The lowest BCUT2D eigenvalue weighted by atomic mass is 9.77. The number of nitrogens with zero attached hydrogens (tertiary/aromatic N) is 1. The molecule has 32 heavy (non-hydrogen) atoms. The predicted octanol–water partition coefficient (Wildman–Crippen LogP) is -0.611. The number of carbonyl (C=O) groups excluding carboxylic acids is 5. The number of hydrogen-bond donors (Lipinski definition) is 4. The average molecular weight is 454 g/mol. The Kier molecular flexibility index (Phi) is 7.83. The van der Waals surface area contributed by atoms with Gasteiger partial charge in [-0.05, 0) is 47.5 Å². The van der Waals surface area contributed by atoms with Gasteiger partial charge in [0.25, 0.3) is 0 Å². The summed E-state index contributed by atoms with van der Waals surface area (Å²) >= 11 is 0. The molecule has 180 valence electrons. The molecule has 0 bridgehead atoms. The van der Waals surface area contributed by atoms with Crippen LogP contribution in [0.2, 0.25) is 0 Å². The zero-order valence-electron chi connectivity index (χ0n) is 19.7. The minimum Gasteiger partial charge on any atom is -0.388 e. The van der Waals surface area contributed by atoms with Gasteiger partial charge in [-0.15, -0.1) is 0 Å². The van der Waals surface area contributed by atoms with Crippen LogP contribution in [0.15, 0.2) is 0 Å². The van der Waals surface area contributed by atoms with Crippen LogP contribution in [0.1, 0.15) is 60.3 Å². The first-order valence-electron chi connectivity index (χ1n) is 11.2. The normalized spacial score (nSPS) is 25.7. The summed E-state index contributed by atoms with van der Waals surface area (Å²) in [5.41, 5.74) is -1.22. The second kappa shape index (κ2) is 9.66. The van der Waals surface area contributed by atoms with Crippen LogP contribution in [-0.4, -0.2) is 82.4 Å². The number of quaternary nitrogens is 1. The molecule has 0 aromatic rings. The van der Waals surface area contributed by atoms with Gasteiger partial charge in [-0.1, -0.05) is 0 Å². The lowest BCUT2D eigenvalue weighted by Gasteiger charge is -2.59. The second-order valence-corrected chi connectivity index (χ2v) is 10.4. The zero-order chi connectivity index (χ0) is 24.3. The van der Waals surface area contributed by atoms with E-state index in [9.17, 15) is 29.1 Å². The van der Waals surface area contributed by atoms with Crippen molar-refractivity contribution >= 4 is 29.4 Å². The van der Waals surface area contributed by atoms with E-state index in [0.717, 1.165) is 6.42 Å². The van der Waals surface area contributed by atoms with Gasteiger partial charge in [0.05, 0.1) is 13.0 Å². The van der Waals surface area contributed by atoms with E-state index in [4.69, 9.17) is 0 Å². The number of hydrogen-bond acceptors (Lipinski definition) is 6. The third-order valence-electron chi connectivity index (χ3n) is 6.66. The minimum atomic E-state index is -0.929. The fourth-order valence-electron chi connectivity index (χ4n) is 4.78. The number of Topliss-reactive ketones (excluding diaryl/α,β-unsaturated/α-hetero) is 1. The molecule has 10 nitrogen and oxygen atoms in total. The van der Waals surface area contributed by atoms with E-state index in [2.05, 4.69) is 16.0 Å². The summed E-state index contributed by atoms with van der Waals surface area (Å²) in [7, 11) is 0. The highest BCUT2D eigenvalue weighted by Crippen LogP contribution is 2.44. The van der Waals surface area contributed by atoms with Crippen molar-refractivity contribution < 1.29 is 33.6 Å². The topological polar surface area (TPSA) is 142 Å². The van der Waals surface area contributed by atoms with Crippen molar-refractivity contribution in [3.63, 3.8) is 0 Å². The number of amides is 4. The van der Waals surface area contributed by atoms with Crippen molar-refractivity contribution in [1.82, 2.24) is 16.0 Å². The van der Waals surface area contributed by atoms with E-state index in [1.54, 1.807) is 20.8 Å². The monoisotopic (exact) mass is 453 g/mol. The van der Waals surface area contributed by atoms with Gasteiger partial charge < -0.3 is 21.1 Å². The number of aliphatic hydroxyl groups is 1.